The van der Waals surface area contributed by atoms with Gasteiger partial charge in [0.2, 0.25) is 5.13 Å². The third-order valence-electron chi connectivity index (χ3n) is 3.43. The molecule has 2 amide bonds. The summed E-state index contributed by atoms with van der Waals surface area (Å²) in [6, 6.07) is 9.97. The average Bonchev–Trinajstić information content (AvgIpc) is 3.33. The fourth-order valence-electron chi connectivity index (χ4n) is 2.15. The van der Waals surface area contributed by atoms with Crippen LogP contribution < -0.4 is 16.4 Å². The number of carbonyl (C=O) groups excluding carboxylic acids is 2. The maximum absolute atomic E-state index is 12.4. The van der Waals surface area contributed by atoms with Crippen LogP contribution in [-0.2, 0) is 0 Å². The van der Waals surface area contributed by atoms with E-state index >= 15 is 0 Å². The molecule has 0 atom stereocenters. The van der Waals surface area contributed by atoms with Gasteiger partial charge in [0.05, 0.1) is 6.26 Å². The van der Waals surface area contributed by atoms with E-state index in [0.717, 1.165) is 0 Å². The van der Waals surface area contributed by atoms with Gasteiger partial charge in [-0.3, -0.25) is 14.9 Å². The first kappa shape index (κ1) is 17.8. The molecular weight excluding hydrogens is 354 g/mol. The SMILES string of the molecule is NCCCNC(=O)c1cccc(C(=O)Nc2nnc(-c3ccco3)s2)c1. The molecule has 0 fully saturated rings. The minimum atomic E-state index is -0.372. The van der Waals surface area contributed by atoms with Gasteiger partial charge in [0, 0.05) is 17.7 Å². The van der Waals surface area contributed by atoms with E-state index in [1.807, 2.05) is 0 Å². The fourth-order valence-corrected chi connectivity index (χ4v) is 2.86. The van der Waals surface area contributed by atoms with Crippen molar-refractivity contribution in [1.82, 2.24) is 15.5 Å². The zero-order valence-electron chi connectivity index (χ0n) is 13.8. The minimum absolute atomic E-state index is 0.246. The molecule has 2 heterocycles. The second-order valence-electron chi connectivity index (χ2n) is 5.32. The van der Waals surface area contributed by atoms with Gasteiger partial charge in [-0.1, -0.05) is 17.4 Å². The van der Waals surface area contributed by atoms with E-state index in [9.17, 15) is 9.59 Å². The molecule has 4 N–H and O–H groups in total. The molecule has 0 aliphatic carbocycles. The monoisotopic (exact) mass is 371 g/mol. The van der Waals surface area contributed by atoms with Gasteiger partial charge in [0.15, 0.2) is 10.8 Å². The summed E-state index contributed by atoms with van der Waals surface area (Å²) in [5.74, 6) is -0.0352. The van der Waals surface area contributed by atoms with Crippen molar-refractivity contribution in [3.63, 3.8) is 0 Å². The van der Waals surface area contributed by atoms with Crippen LogP contribution in [0.3, 0.4) is 0 Å². The van der Waals surface area contributed by atoms with Crippen molar-refractivity contribution in [3.8, 4) is 10.8 Å². The van der Waals surface area contributed by atoms with Crippen molar-refractivity contribution >= 4 is 28.3 Å². The van der Waals surface area contributed by atoms with Crippen molar-refractivity contribution in [1.29, 1.82) is 0 Å². The normalized spacial score (nSPS) is 10.5. The molecule has 0 bridgehead atoms. The molecule has 0 spiro atoms. The van der Waals surface area contributed by atoms with E-state index in [0.29, 0.717) is 46.5 Å². The molecule has 9 heteroatoms. The molecule has 0 radical (unpaired) electrons. The molecule has 0 saturated carbocycles. The number of nitrogens with one attached hydrogen (secondary N) is 2. The van der Waals surface area contributed by atoms with E-state index in [1.165, 1.54) is 17.4 Å². The first-order chi connectivity index (χ1) is 12.7. The van der Waals surface area contributed by atoms with Crippen LogP contribution in [0.25, 0.3) is 10.8 Å². The second kappa shape index (κ2) is 8.37. The number of amides is 2. The Hall–Kier alpha value is -3.04. The van der Waals surface area contributed by atoms with Gasteiger partial charge < -0.3 is 15.5 Å². The Labute approximate surface area is 153 Å². The smallest absolute Gasteiger partial charge is 0.257 e. The number of hydrogen-bond acceptors (Lipinski definition) is 7. The highest BCUT2D eigenvalue weighted by atomic mass is 32.1. The quantitative estimate of drug-likeness (QED) is 0.547. The Morgan fingerprint density at radius 1 is 1.12 bits per heavy atom. The van der Waals surface area contributed by atoms with Crippen molar-refractivity contribution in [3.05, 3.63) is 53.8 Å². The molecule has 0 saturated heterocycles. The van der Waals surface area contributed by atoms with Gasteiger partial charge >= 0.3 is 0 Å². The van der Waals surface area contributed by atoms with Crippen molar-refractivity contribution in [2.45, 2.75) is 6.42 Å². The average molecular weight is 371 g/mol. The number of nitrogens with zero attached hydrogens (tertiary/aromatic N) is 2. The zero-order chi connectivity index (χ0) is 18.4. The molecule has 3 rings (SSSR count). The van der Waals surface area contributed by atoms with Crippen molar-refractivity contribution < 1.29 is 14.0 Å². The van der Waals surface area contributed by atoms with Crippen LogP contribution in [0.4, 0.5) is 5.13 Å². The summed E-state index contributed by atoms with van der Waals surface area (Å²) >= 11 is 1.20. The Balaban J connectivity index is 1.66. The molecule has 8 nitrogen and oxygen atoms in total. The predicted octanol–water partition coefficient (Wildman–Crippen LogP) is 2.13. The van der Waals surface area contributed by atoms with Gasteiger partial charge in [0.25, 0.3) is 11.8 Å². The van der Waals surface area contributed by atoms with E-state index in [1.54, 1.807) is 36.6 Å². The van der Waals surface area contributed by atoms with Gasteiger partial charge in [-0.2, -0.15) is 0 Å². The van der Waals surface area contributed by atoms with Crippen LogP contribution in [0, 0.1) is 0 Å². The van der Waals surface area contributed by atoms with Crippen LogP contribution in [0.2, 0.25) is 0 Å². The van der Waals surface area contributed by atoms with Crippen LogP contribution in [0.5, 0.6) is 0 Å². The van der Waals surface area contributed by atoms with Crippen LogP contribution in [-0.4, -0.2) is 35.1 Å². The number of nitrogens with two attached hydrogens (primary N) is 1. The highest BCUT2D eigenvalue weighted by Crippen LogP contribution is 2.26. The van der Waals surface area contributed by atoms with Crippen LogP contribution in [0.1, 0.15) is 27.1 Å². The molecule has 134 valence electrons. The topological polar surface area (TPSA) is 123 Å². The third kappa shape index (κ3) is 4.32. The fraction of sp³-hybridized carbons (Fsp3) is 0.176. The van der Waals surface area contributed by atoms with E-state index < -0.39 is 0 Å². The maximum Gasteiger partial charge on any atom is 0.257 e. The molecule has 0 aliphatic heterocycles. The summed E-state index contributed by atoms with van der Waals surface area (Å²) in [5, 5.41) is 14.3. The highest BCUT2D eigenvalue weighted by molar-refractivity contribution is 7.18. The first-order valence-electron chi connectivity index (χ1n) is 7.94. The van der Waals surface area contributed by atoms with Gasteiger partial charge in [0.1, 0.15) is 0 Å². The van der Waals surface area contributed by atoms with Gasteiger partial charge in [-0.15, -0.1) is 10.2 Å². The van der Waals surface area contributed by atoms with E-state index in [2.05, 4.69) is 20.8 Å². The molecule has 2 aromatic heterocycles. The first-order valence-corrected chi connectivity index (χ1v) is 8.76. The summed E-state index contributed by atoms with van der Waals surface area (Å²) < 4.78 is 5.25. The molecule has 3 aromatic rings. The number of aromatic nitrogens is 2. The molecule has 1 aromatic carbocycles. The lowest BCUT2D eigenvalue weighted by Gasteiger charge is -2.06. The van der Waals surface area contributed by atoms with Crippen LogP contribution >= 0.6 is 11.3 Å². The van der Waals surface area contributed by atoms with Crippen molar-refractivity contribution in [2.75, 3.05) is 18.4 Å². The lowest BCUT2D eigenvalue weighted by atomic mass is 10.1. The van der Waals surface area contributed by atoms with Crippen molar-refractivity contribution in [2.24, 2.45) is 5.73 Å². The number of benzene rings is 1. The standard InChI is InChI=1S/C17H17N5O3S/c18-7-3-8-19-14(23)11-4-1-5-12(10-11)15(24)20-17-22-21-16(26-17)13-6-2-9-25-13/h1-2,4-6,9-10H,3,7-8,18H2,(H,19,23)(H,20,22,24). The lowest BCUT2D eigenvalue weighted by molar-refractivity contribution is 0.0953. The largest absolute Gasteiger partial charge is 0.462 e. The summed E-state index contributed by atoms with van der Waals surface area (Å²) in [6.07, 6.45) is 2.24. The van der Waals surface area contributed by atoms with Gasteiger partial charge in [-0.25, -0.2) is 0 Å². The Kier molecular flexibility index (Phi) is 5.72. The second-order valence-corrected chi connectivity index (χ2v) is 6.30. The Morgan fingerprint density at radius 3 is 2.65 bits per heavy atom. The van der Waals surface area contributed by atoms with E-state index in [4.69, 9.17) is 10.2 Å². The lowest BCUT2D eigenvalue weighted by Crippen LogP contribution is -2.26. The summed E-state index contributed by atoms with van der Waals surface area (Å²) in [4.78, 5) is 24.5. The highest BCUT2D eigenvalue weighted by Gasteiger charge is 2.14. The molecule has 0 unspecified atom stereocenters. The summed E-state index contributed by atoms with van der Waals surface area (Å²) in [6.45, 7) is 0.997. The minimum Gasteiger partial charge on any atom is -0.462 e. The van der Waals surface area contributed by atoms with Crippen LogP contribution in [0.15, 0.2) is 47.1 Å². The number of hydrogen-bond donors (Lipinski definition) is 3. The number of anilines is 1. The van der Waals surface area contributed by atoms with E-state index in [-0.39, 0.29) is 11.8 Å². The third-order valence-corrected chi connectivity index (χ3v) is 4.28. The molecule has 26 heavy (non-hydrogen) atoms. The van der Waals surface area contributed by atoms with Gasteiger partial charge in [-0.05, 0) is 43.3 Å². The zero-order valence-corrected chi connectivity index (χ0v) is 14.6. The Morgan fingerprint density at radius 2 is 1.92 bits per heavy atom. The number of furan rings is 1. The summed E-state index contributed by atoms with van der Waals surface area (Å²) in [5.41, 5.74) is 6.16. The molecular formula is C17H17N5O3S. The Bertz CT molecular complexity index is 891. The predicted molar refractivity (Wildman–Crippen MR) is 98.0 cm³/mol. The number of rotatable bonds is 7. The maximum atomic E-state index is 12.4. The number of carbonyl (C=O) groups is 2. The molecule has 0 aliphatic rings. The summed E-state index contributed by atoms with van der Waals surface area (Å²) in [7, 11) is 0.